The normalized spacial score (nSPS) is 12.3. The Labute approximate surface area is 133 Å². The van der Waals surface area contributed by atoms with Crippen LogP contribution in [0.15, 0.2) is 0 Å². The molecule has 0 saturated heterocycles. The first kappa shape index (κ1) is 20.5. The van der Waals surface area contributed by atoms with Crippen LogP contribution in [0, 0.1) is 0 Å². The molecule has 1 atom stereocenters. The van der Waals surface area contributed by atoms with Crippen molar-refractivity contribution in [2.24, 2.45) is 0 Å². The van der Waals surface area contributed by atoms with Crippen molar-refractivity contribution >= 4 is 5.97 Å². The molecule has 21 heavy (non-hydrogen) atoms. The zero-order valence-electron chi connectivity index (χ0n) is 14.8. The third-order valence-electron chi connectivity index (χ3n) is 4.09. The van der Waals surface area contributed by atoms with Gasteiger partial charge in [-0.05, 0) is 25.7 Å². The molecule has 1 unspecified atom stereocenters. The van der Waals surface area contributed by atoms with E-state index in [4.69, 9.17) is 4.74 Å². The van der Waals surface area contributed by atoms with Gasteiger partial charge >= 0.3 is 5.97 Å². The molecule has 0 N–H and O–H groups in total. The molecule has 0 aliphatic heterocycles. The zero-order valence-corrected chi connectivity index (χ0v) is 14.8. The van der Waals surface area contributed by atoms with Gasteiger partial charge in [-0.25, -0.2) is 0 Å². The van der Waals surface area contributed by atoms with Crippen LogP contribution in [0.5, 0.6) is 0 Å². The summed E-state index contributed by atoms with van der Waals surface area (Å²) in [6.45, 7) is 6.03. The summed E-state index contributed by atoms with van der Waals surface area (Å²) in [6.07, 6.45) is 17.9. The largest absolute Gasteiger partial charge is 0.463 e. The van der Waals surface area contributed by atoms with Crippen LogP contribution < -0.4 is 0 Å². The van der Waals surface area contributed by atoms with Gasteiger partial charge in [-0.3, -0.25) is 4.79 Å². The number of unbranched alkanes of at least 4 members (excludes halogenated alkanes) is 10. The van der Waals surface area contributed by atoms with Crippen molar-refractivity contribution in [3.8, 4) is 0 Å². The van der Waals surface area contributed by atoms with Crippen LogP contribution in [-0.4, -0.2) is 12.1 Å². The molecular formula is C19H38O2. The highest BCUT2D eigenvalue weighted by Gasteiger charge is 2.11. The SMILES string of the molecule is CCCCCCCCCC(CCCCCCC)OC(C)=O. The number of carbonyl (C=O) groups is 1. The van der Waals surface area contributed by atoms with E-state index in [0.29, 0.717) is 0 Å². The summed E-state index contributed by atoms with van der Waals surface area (Å²) < 4.78 is 5.46. The van der Waals surface area contributed by atoms with Crippen LogP contribution in [0.2, 0.25) is 0 Å². The first-order valence-corrected chi connectivity index (χ1v) is 9.37. The summed E-state index contributed by atoms with van der Waals surface area (Å²) in [7, 11) is 0. The van der Waals surface area contributed by atoms with E-state index in [1.807, 2.05) is 0 Å². The second-order valence-electron chi connectivity index (χ2n) is 6.34. The Morgan fingerprint density at radius 1 is 0.714 bits per heavy atom. The monoisotopic (exact) mass is 298 g/mol. The Hall–Kier alpha value is -0.530. The van der Waals surface area contributed by atoms with E-state index in [0.717, 1.165) is 12.8 Å². The molecular weight excluding hydrogens is 260 g/mol. The minimum atomic E-state index is -0.114. The zero-order chi connectivity index (χ0) is 15.8. The molecule has 0 rings (SSSR count). The summed E-state index contributed by atoms with van der Waals surface area (Å²) in [5.74, 6) is -0.114. The second-order valence-corrected chi connectivity index (χ2v) is 6.34. The van der Waals surface area contributed by atoms with Crippen LogP contribution in [-0.2, 0) is 9.53 Å². The minimum Gasteiger partial charge on any atom is -0.463 e. The summed E-state index contributed by atoms with van der Waals surface area (Å²) >= 11 is 0. The van der Waals surface area contributed by atoms with E-state index in [-0.39, 0.29) is 12.1 Å². The predicted molar refractivity (Wildman–Crippen MR) is 91.5 cm³/mol. The smallest absolute Gasteiger partial charge is 0.302 e. The summed E-state index contributed by atoms with van der Waals surface area (Å²) in [5.41, 5.74) is 0. The van der Waals surface area contributed by atoms with Crippen molar-refractivity contribution in [2.75, 3.05) is 0 Å². The van der Waals surface area contributed by atoms with E-state index < -0.39 is 0 Å². The quantitative estimate of drug-likeness (QED) is 0.257. The Balaban J connectivity index is 3.63. The number of hydrogen-bond donors (Lipinski definition) is 0. The molecule has 0 aliphatic rings. The molecule has 0 fully saturated rings. The lowest BCUT2D eigenvalue weighted by molar-refractivity contribution is -0.147. The van der Waals surface area contributed by atoms with Crippen LogP contribution in [0.1, 0.15) is 111 Å². The molecule has 126 valence electrons. The molecule has 0 bridgehead atoms. The molecule has 0 spiro atoms. The van der Waals surface area contributed by atoms with Gasteiger partial charge in [0.05, 0.1) is 0 Å². The van der Waals surface area contributed by atoms with E-state index in [1.54, 1.807) is 0 Å². The summed E-state index contributed by atoms with van der Waals surface area (Å²) in [4.78, 5) is 11.2. The van der Waals surface area contributed by atoms with Crippen molar-refractivity contribution in [1.82, 2.24) is 0 Å². The maximum Gasteiger partial charge on any atom is 0.302 e. The highest BCUT2D eigenvalue weighted by Crippen LogP contribution is 2.16. The van der Waals surface area contributed by atoms with Crippen LogP contribution >= 0.6 is 0 Å². The Morgan fingerprint density at radius 2 is 1.10 bits per heavy atom. The fourth-order valence-electron chi connectivity index (χ4n) is 2.80. The van der Waals surface area contributed by atoms with Crippen LogP contribution in [0.25, 0.3) is 0 Å². The van der Waals surface area contributed by atoms with Gasteiger partial charge < -0.3 is 4.74 Å². The third-order valence-corrected chi connectivity index (χ3v) is 4.09. The van der Waals surface area contributed by atoms with Gasteiger partial charge in [0.15, 0.2) is 0 Å². The standard InChI is InChI=1S/C19H38O2/c1-4-6-8-10-11-13-15-17-19(21-18(3)20)16-14-12-9-7-5-2/h19H,4-17H2,1-3H3. The van der Waals surface area contributed by atoms with E-state index in [9.17, 15) is 4.79 Å². The first-order chi connectivity index (χ1) is 10.2. The summed E-state index contributed by atoms with van der Waals surface area (Å²) in [5, 5.41) is 0. The third kappa shape index (κ3) is 15.7. The minimum absolute atomic E-state index is 0.114. The van der Waals surface area contributed by atoms with Crippen LogP contribution in [0.4, 0.5) is 0 Å². The second kappa shape index (κ2) is 15.9. The maximum absolute atomic E-state index is 11.2. The van der Waals surface area contributed by atoms with E-state index in [2.05, 4.69) is 13.8 Å². The van der Waals surface area contributed by atoms with Gasteiger partial charge in [-0.1, -0.05) is 78.1 Å². The molecule has 0 aromatic rings. The number of carbonyl (C=O) groups excluding carboxylic acids is 1. The molecule has 0 aromatic heterocycles. The molecule has 0 aromatic carbocycles. The molecule has 0 aliphatic carbocycles. The Kier molecular flexibility index (Phi) is 15.5. The van der Waals surface area contributed by atoms with Gasteiger partial charge in [-0.2, -0.15) is 0 Å². The highest BCUT2D eigenvalue weighted by molar-refractivity contribution is 5.66. The van der Waals surface area contributed by atoms with Crippen molar-refractivity contribution in [1.29, 1.82) is 0 Å². The molecule has 0 saturated carbocycles. The lowest BCUT2D eigenvalue weighted by atomic mass is 10.0. The van der Waals surface area contributed by atoms with Gasteiger partial charge in [0.25, 0.3) is 0 Å². The molecule has 0 radical (unpaired) electrons. The average molecular weight is 299 g/mol. The number of hydrogen-bond acceptors (Lipinski definition) is 2. The predicted octanol–water partition coefficient (Wildman–Crippen LogP) is 6.42. The summed E-state index contributed by atoms with van der Waals surface area (Å²) in [6, 6.07) is 0. The number of ether oxygens (including phenoxy) is 1. The molecule has 0 amide bonds. The van der Waals surface area contributed by atoms with Crippen molar-refractivity contribution in [2.45, 2.75) is 117 Å². The van der Waals surface area contributed by atoms with Crippen molar-refractivity contribution in [3.05, 3.63) is 0 Å². The fourth-order valence-corrected chi connectivity index (χ4v) is 2.80. The van der Waals surface area contributed by atoms with E-state index >= 15 is 0 Å². The molecule has 2 heteroatoms. The average Bonchev–Trinajstić information content (AvgIpc) is 2.45. The fraction of sp³-hybridized carbons (Fsp3) is 0.947. The number of rotatable bonds is 15. The van der Waals surface area contributed by atoms with Crippen molar-refractivity contribution in [3.63, 3.8) is 0 Å². The first-order valence-electron chi connectivity index (χ1n) is 9.37. The van der Waals surface area contributed by atoms with Crippen molar-refractivity contribution < 1.29 is 9.53 Å². The molecule has 0 heterocycles. The van der Waals surface area contributed by atoms with Crippen LogP contribution in [0.3, 0.4) is 0 Å². The maximum atomic E-state index is 11.2. The van der Waals surface area contributed by atoms with E-state index in [1.165, 1.54) is 84.0 Å². The Bertz CT molecular complexity index is 226. The lowest BCUT2D eigenvalue weighted by Crippen LogP contribution is -2.16. The molecule has 2 nitrogen and oxygen atoms in total. The topological polar surface area (TPSA) is 26.3 Å². The van der Waals surface area contributed by atoms with Gasteiger partial charge in [-0.15, -0.1) is 0 Å². The van der Waals surface area contributed by atoms with Gasteiger partial charge in [0, 0.05) is 6.92 Å². The highest BCUT2D eigenvalue weighted by atomic mass is 16.5. The van der Waals surface area contributed by atoms with Gasteiger partial charge in [0.1, 0.15) is 6.10 Å². The van der Waals surface area contributed by atoms with Gasteiger partial charge in [0.2, 0.25) is 0 Å². The Morgan fingerprint density at radius 3 is 1.48 bits per heavy atom. The lowest BCUT2D eigenvalue weighted by Gasteiger charge is -2.17. The number of esters is 1.